The Morgan fingerprint density at radius 3 is 2.62 bits per heavy atom. The Kier molecular flexibility index (Phi) is 6.59. The van der Waals surface area contributed by atoms with E-state index in [1.807, 2.05) is 23.1 Å². The van der Waals surface area contributed by atoms with Gasteiger partial charge < -0.3 is 24.4 Å². The van der Waals surface area contributed by atoms with Crippen LogP contribution in [0.3, 0.4) is 0 Å². The van der Waals surface area contributed by atoms with Gasteiger partial charge in [0.05, 0.1) is 25.9 Å². The number of nitrogens with one attached hydrogen (secondary N) is 1. The second-order valence-electron chi connectivity index (χ2n) is 6.82. The third-order valence-electron chi connectivity index (χ3n) is 4.92. The highest BCUT2D eigenvalue weighted by Crippen LogP contribution is 2.39. The number of likely N-dealkylation sites (tertiary alicyclic amines) is 1. The molecule has 1 aliphatic heterocycles. The van der Waals surface area contributed by atoms with Crippen molar-refractivity contribution in [2.75, 3.05) is 32.7 Å². The van der Waals surface area contributed by atoms with Gasteiger partial charge in [0.15, 0.2) is 6.61 Å². The largest absolute Gasteiger partial charge is 0.497 e. The van der Waals surface area contributed by atoms with E-state index in [4.69, 9.17) is 14.2 Å². The van der Waals surface area contributed by atoms with Crippen LogP contribution in [0, 0.1) is 0 Å². The van der Waals surface area contributed by atoms with Crippen LogP contribution in [0.4, 0.5) is 5.69 Å². The van der Waals surface area contributed by atoms with Gasteiger partial charge in [0, 0.05) is 19.0 Å². The van der Waals surface area contributed by atoms with Gasteiger partial charge in [0.2, 0.25) is 5.91 Å². The zero-order chi connectivity index (χ0) is 20.8. The molecule has 1 saturated heterocycles. The number of amides is 2. The monoisotopic (exact) mass is 398 g/mol. The van der Waals surface area contributed by atoms with Gasteiger partial charge in [-0.3, -0.25) is 9.59 Å². The molecule has 1 N–H and O–H groups in total. The van der Waals surface area contributed by atoms with Gasteiger partial charge in [-0.25, -0.2) is 0 Å². The minimum Gasteiger partial charge on any atom is -0.497 e. The molecule has 1 aliphatic rings. The fourth-order valence-electron chi connectivity index (χ4n) is 3.60. The summed E-state index contributed by atoms with van der Waals surface area (Å²) in [5.74, 6) is 1.60. The molecule has 2 amide bonds. The molecule has 2 aromatic carbocycles. The smallest absolute Gasteiger partial charge is 0.261 e. The van der Waals surface area contributed by atoms with E-state index in [1.165, 1.54) is 6.92 Å². The van der Waals surface area contributed by atoms with E-state index in [0.29, 0.717) is 18.0 Å². The lowest BCUT2D eigenvalue weighted by Gasteiger charge is -2.27. The van der Waals surface area contributed by atoms with Crippen molar-refractivity contribution in [1.29, 1.82) is 0 Å². The minimum atomic E-state index is -0.197. The van der Waals surface area contributed by atoms with E-state index in [9.17, 15) is 9.59 Å². The van der Waals surface area contributed by atoms with Crippen molar-refractivity contribution >= 4 is 17.5 Å². The fraction of sp³-hybridized carbons (Fsp3) is 0.364. The Bertz CT molecular complexity index is 883. The van der Waals surface area contributed by atoms with Gasteiger partial charge in [-0.2, -0.15) is 0 Å². The molecule has 0 radical (unpaired) electrons. The molecule has 0 saturated carbocycles. The lowest BCUT2D eigenvalue weighted by molar-refractivity contribution is -0.134. The Labute approximate surface area is 170 Å². The predicted octanol–water partition coefficient (Wildman–Crippen LogP) is 3.40. The average molecular weight is 398 g/mol. The molecule has 2 aromatic rings. The Hall–Kier alpha value is -3.22. The van der Waals surface area contributed by atoms with Crippen LogP contribution in [0.25, 0.3) is 0 Å². The van der Waals surface area contributed by atoms with E-state index in [-0.39, 0.29) is 24.5 Å². The van der Waals surface area contributed by atoms with Crippen LogP contribution in [0.1, 0.15) is 31.4 Å². The van der Waals surface area contributed by atoms with Gasteiger partial charge in [-0.15, -0.1) is 0 Å². The number of carbonyl (C=O) groups is 2. The topological polar surface area (TPSA) is 77.1 Å². The molecule has 0 aromatic heterocycles. The first-order chi connectivity index (χ1) is 14.0. The second kappa shape index (κ2) is 9.32. The predicted molar refractivity (Wildman–Crippen MR) is 109 cm³/mol. The van der Waals surface area contributed by atoms with Gasteiger partial charge in [0.1, 0.15) is 17.2 Å². The molecule has 0 aliphatic carbocycles. The zero-order valence-electron chi connectivity index (χ0n) is 16.9. The summed E-state index contributed by atoms with van der Waals surface area (Å²) in [6.45, 7) is 1.97. The van der Waals surface area contributed by atoms with Crippen LogP contribution in [0.5, 0.6) is 17.2 Å². The first kappa shape index (κ1) is 20.5. The summed E-state index contributed by atoms with van der Waals surface area (Å²) in [7, 11) is 3.23. The summed E-state index contributed by atoms with van der Waals surface area (Å²) in [5, 5.41) is 2.71. The number of para-hydroxylation sites is 2. The number of anilines is 1. The lowest BCUT2D eigenvalue weighted by atomic mass is 10.0. The summed E-state index contributed by atoms with van der Waals surface area (Å²) in [6.07, 6.45) is 1.75. The van der Waals surface area contributed by atoms with Crippen LogP contribution < -0.4 is 19.5 Å². The normalized spacial score (nSPS) is 15.7. The Morgan fingerprint density at radius 2 is 1.90 bits per heavy atom. The molecule has 3 rings (SSSR count). The number of rotatable bonds is 7. The van der Waals surface area contributed by atoms with Crippen LogP contribution in [0.2, 0.25) is 0 Å². The molecule has 1 fully saturated rings. The molecule has 154 valence electrons. The van der Waals surface area contributed by atoms with Gasteiger partial charge >= 0.3 is 0 Å². The highest BCUT2D eigenvalue weighted by Gasteiger charge is 2.32. The Morgan fingerprint density at radius 1 is 1.10 bits per heavy atom. The van der Waals surface area contributed by atoms with E-state index in [1.54, 1.807) is 38.5 Å². The van der Waals surface area contributed by atoms with Crippen LogP contribution in [-0.4, -0.2) is 44.1 Å². The summed E-state index contributed by atoms with van der Waals surface area (Å²) < 4.78 is 16.6. The molecule has 0 spiro atoms. The fourth-order valence-corrected chi connectivity index (χ4v) is 3.60. The standard InChI is InChI=1S/C22H26N2O5/c1-15(25)23-18-7-4-5-9-21(18)29-14-22(26)24-12-6-8-19(24)17-13-16(27-2)10-11-20(17)28-3/h4-5,7,9-11,13,19H,6,8,12,14H2,1-3H3,(H,23,25)/t19-/m1/s1. The number of benzene rings is 2. The molecule has 1 atom stereocenters. The summed E-state index contributed by atoms with van der Waals surface area (Å²) in [6, 6.07) is 12.6. The summed E-state index contributed by atoms with van der Waals surface area (Å²) in [5.41, 5.74) is 1.47. The maximum atomic E-state index is 12.9. The van der Waals surface area contributed by atoms with Crippen molar-refractivity contribution in [1.82, 2.24) is 4.90 Å². The number of methoxy groups -OCH3 is 2. The number of hydrogen-bond acceptors (Lipinski definition) is 5. The quantitative estimate of drug-likeness (QED) is 0.773. The SMILES string of the molecule is COc1ccc(OC)c([C@H]2CCCN2C(=O)COc2ccccc2NC(C)=O)c1. The summed E-state index contributed by atoms with van der Waals surface area (Å²) >= 11 is 0. The van der Waals surface area contributed by atoms with E-state index < -0.39 is 0 Å². The van der Waals surface area contributed by atoms with Gasteiger partial charge in [0.25, 0.3) is 5.91 Å². The number of nitrogens with zero attached hydrogens (tertiary/aromatic N) is 1. The van der Waals surface area contributed by atoms with Gasteiger partial charge in [-0.05, 0) is 43.2 Å². The van der Waals surface area contributed by atoms with Crippen molar-refractivity contribution in [3.63, 3.8) is 0 Å². The van der Waals surface area contributed by atoms with Crippen molar-refractivity contribution in [3.8, 4) is 17.2 Å². The van der Waals surface area contributed by atoms with Crippen LogP contribution in [-0.2, 0) is 9.59 Å². The summed E-state index contributed by atoms with van der Waals surface area (Å²) in [4.78, 5) is 26.1. The maximum absolute atomic E-state index is 12.9. The Balaban J connectivity index is 1.74. The molecule has 7 heteroatoms. The number of carbonyl (C=O) groups excluding carboxylic acids is 2. The minimum absolute atomic E-state index is 0.0956. The molecular weight excluding hydrogens is 372 g/mol. The molecule has 29 heavy (non-hydrogen) atoms. The van der Waals surface area contributed by atoms with E-state index in [0.717, 1.165) is 29.9 Å². The molecule has 7 nitrogen and oxygen atoms in total. The zero-order valence-corrected chi connectivity index (χ0v) is 16.9. The molecule has 0 unspecified atom stereocenters. The average Bonchev–Trinajstić information content (AvgIpc) is 3.21. The van der Waals surface area contributed by atoms with Gasteiger partial charge in [-0.1, -0.05) is 12.1 Å². The molecular formula is C22H26N2O5. The van der Waals surface area contributed by atoms with Crippen LogP contribution >= 0.6 is 0 Å². The maximum Gasteiger partial charge on any atom is 0.261 e. The number of hydrogen-bond donors (Lipinski definition) is 1. The van der Waals surface area contributed by atoms with Crippen molar-refractivity contribution in [3.05, 3.63) is 48.0 Å². The third-order valence-corrected chi connectivity index (χ3v) is 4.92. The highest BCUT2D eigenvalue weighted by molar-refractivity contribution is 5.90. The number of ether oxygens (including phenoxy) is 3. The third kappa shape index (κ3) is 4.80. The van der Waals surface area contributed by atoms with Crippen molar-refractivity contribution in [2.24, 2.45) is 0 Å². The molecule has 1 heterocycles. The van der Waals surface area contributed by atoms with Crippen molar-refractivity contribution in [2.45, 2.75) is 25.8 Å². The molecule has 0 bridgehead atoms. The highest BCUT2D eigenvalue weighted by atomic mass is 16.5. The lowest BCUT2D eigenvalue weighted by Crippen LogP contribution is -2.34. The first-order valence-electron chi connectivity index (χ1n) is 9.54. The van der Waals surface area contributed by atoms with Crippen molar-refractivity contribution < 1.29 is 23.8 Å². The van der Waals surface area contributed by atoms with Crippen LogP contribution in [0.15, 0.2) is 42.5 Å². The second-order valence-corrected chi connectivity index (χ2v) is 6.82. The first-order valence-corrected chi connectivity index (χ1v) is 9.54. The van der Waals surface area contributed by atoms with E-state index >= 15 is 0 Å². The van der Waals surface area contributed by atoms with E-state index in [2.05, 4.69) is 5.32 Å².